The Bertz CT molecular complexity index is 962. The van der Waals surface area contributed by atoms with Crippen molar-refractivity contribution < 1.29 is 19.3 Å². The lowest BCUT2D eigenvalue weighted by molar-refractivity contribution is -0.0196. The summed E-state index contributed by atoms with van der Waals surface area (Å²) >= 11 is 0. The van der Waals surface area contributed by atoms with E-state index in [1.54, 1.807) is 12.4 Å². The van der Waals surface area contributed by atoms with Gasteiger partial charge < -0.3 is 19.3 Å². The summed E-state index contributed by atoms with van der Waals surface area (Å²) in [4.78, 5) is 4.37. The fraction of sp³-hybridized carbons (Fsp3) is 0.300. The number of aliphatic hydroxyl groups is 1. The Labute approximate surface area is 156 Å². The van der Waals surface area contributed by atoms with Crippen LogP contribution in [0.5, 0.6) is 5.75 Å². The minimum atomic E-state index is -0.559. The summed E-state index contributed by atoms with van der Waals surface area (Å²) in [5, 5.41) is 18.7. The summed E-state index contributed by atoms with van der Waals surface area (Å²) in [5.74, 6) is 0.729. The zero-order chi connectivity index (χ0) is 18.6. The van der Waals surface area contributed by atoms with E-state index < -0.39 is 6.10 Å². The predicted octanol–water partition coefficient (Wildman–Crippen LogP) is 2.05. The Kier molecular flexibility index (Phi) is 5.03. The first-order chi connectivity index (χ1) is 13.2. The zero-order valence-electron chi connectivity index (χ0n) is 14.6. The van der Waals surface area contributed by atoms with E-state index in [0.717, 1.165) is 22.5 Å². The number of benzene rings is 2. The highest BCUT2D eigenvalue weighted by Crippen LogP contribution is 2.21. The van der Waals surface area contributed by atoms with Gasteiger partial charge in [-0.1, -0.05) is 0 Å². The van der Waals surface area contributed by atoms with E-state index in [4.69, 9.17) is 19.5 Å². The first kappa shape index (κ1) is 17.5. The van der Waals surface area contributed by atoms with Gasteiger partial charge in [-0.25, -0.2) is 4.98 Å². The second-order valence-electron chi connectivity index (χ2n) is 6.29. The molecule has 138 valence electrons. The van der Waals surface area contributed by atoms with Crippen molar-refractivity contribution in [3.63, 3.8) is 0 Å². The molecular formula is C20H19N3O4. The van der Waals surface area contributed by atoms with Crippen molar-refractivity contribution in [3.8, 4) is 17.5 Å². The number of ether oxygens (including phenoxy) is 3. The minimum Gasteiger partial charge on any atom is -0.491 e. The Morgan fingerprint density at radius 1 is 1.19 bits per heavy atom. The third kappa shape index (κ3) is 3.78. The number of rotatable bonds is 6. The van der Waals surface area contributed by atoms with Gasteiger partial charge in [0, 0.05) is 5.69 Å². The second kappa shape index (κ2) is 7.76. The van der Waals surface area contributed by atoms with Gasteiger partial charge in [-0.15, -0.1) is 0 Å². The van der Waals surface area contributed by atoms with Crippen LogP contribution in [-0.2, 0) is 9.47 Å². The SMILES string of the molecule is N#Cc1ccc2ncn(-c3ccc(OCCOC4COCC4O)cc3)c2c1. The first-order valence-electron chi connectivity index (χ1n) is 8.72. The molecule has 0 radical (unpaired) electrons. The first-order valence-corrected chi connectivity index (χ1v) is 8.72. The molecule has 7 nitrogen and oxygen atoms in total. The van der Waals surface area contributed by atoms with Crippen LogP contribution in [0.4, 0.5) is 0 Å². The van der Waals surface area contributed by atoms with Crippen LogP contribution in [0.25, 0.3) is 16.7 Å². The van der Waals surface area contributed by atoms with Crippen molar-refractivity contribution >= 4 is 11.0 Å². The molecule has 2 heterocycles. The van der Waals surface area contributed by atoms with Crippen molar-refractivity contribution in [3.05, 3.63) is 54.4 Å². The maximum absolute atomic E-state index is 9.62. The Morgan fingerprint density at radius 2 is 2.04 bits per heavy atom. The fourth-order valence-electron chi connectivity index (χ4n) is 3.03. The quantitative estimate of drug-likeness (QED) is 0.673. The van der Waals surface area contributed by atoms with Crippen LogP contribution in [0, 0.1) is 11.3 Å². The van der Waals surface area contributed by atoms with E-state index in [-0.39, 0.29) is 6.10 Å². The molecule has 2 atom stereocenters. The number of fused-ring (bicyclic) bond motifs is 1. The third-order valence-corrected chi connectivity index (χ3v) is 4.48. The average Bonchev–Trinajstić information content (AvgIpc) is 3.31. The Hall–Kier alpha value is -2.92. The fourth-order valence-corrected chi connectivity index (χ4v) is 3.03. The normalized spacial score (nSPS) is 19.3. The molecule has 1 aromatic heterocycles. The van der Waals surface area contributed by atoms with Gasteiger partial charge in [0.2, 0.25) is 0 Å². The van der Waals surface area contributed by atoms with Gasteiger partial charge in [0.15, 0.2) is 0 Å². The zero-order valence-corrected chi connectivity index (χ0v) is 14.6. The molecule has 1 aliphatic rings. The number of aromatic nitrogens is 2. The van der Waals surface area contributed by atoms with Gasteiger partial charge in [0.25, 0.3) is 0 Å². The average molecular weight is 365 g/mol. The van der Waals surface area contributed by atoms with E-state index in [9.17, 15) is 5.11 Å². The molecule has 27 heavy (non-hydrogen) atoms. The van der Waals surface area contributed by atoms with Crippen LogP contribution in [0.2, 0.25) is 0 Å². The molecule has 0 spiro atoms. The highest BCUT2D eigenvalue weighted by molar-refractivity contribution is 5.79. The maximum atomic E-state index is 9.62. The van der Waals surface area contributed by atoms with Crippen molar-refractivity contribution in [1.82, 2.24) is 9.55 Å². The molecule has 0 amide bonds. The van der Waals surface area contributed by atoms with E-state index >= 15 is 0 Å². The van der Waals surface area contributed by atoms with Gasteiger partial charge in [0.1, 0.15) is 30.9 Å². The molecule has 0 aliphatic carbocycles. The lowest BCUT2D eigenvalue weighted by Crippen LogP contribution is -2.28. The largest absolute Gasteiger partial charge is 0.491 e. The molecule has 1 saturated heterocycles. The smallest absolute Gasteiger partial charge is 0.119 e. The molecule has 7 heteroatoms. The summed E-state index contributed by atoms with van der Waals surface area (Å²) in [6.07, 6.45) is 0.907. The molecule has 0 bridgehead atoms. The van der Waals surface area contributed by atoms with Gasteiger partial charge in [0.05, 0.1) is 42.5 Å². The molecule has 4 rings (SSSR count). The lowest BCUT2D eigenvalue weighted by atomic mass is 10.2. The molecule has 2 unspecified atom stereocenters. The highest BCUT2D eigenvalue weighted by atomic mass is 16.6. The summed E-state index contributed by atoms with van der Waals surface area (Å²) in [6, 6.07) is 15.2. The van der Waals surface area contributed by atoms with Crippen LogP contribution in [0.15, 0.2) is 48.8 Å². The number of aliphatic hydroxyl groups excluding tert-OH is 1. The highest BCUT2D eigenvalue weighted by Gasteiger charge is 2.26. The van der Waals surface area contributed by atoms with E-state index in [2.05, 4.69) is 11.1 Å². The van der Waals surface area contributed by atoms with Crippen LogP contribution < -0.4 is 4.74 Å². The van der Waals surface area contributed by atoms with Crippen molar-refractivity contribution in [2.24, 2.45) is 0 Å². The Morgan fingerprint density at radius 3 is 2.78 bits per heavy atom. The second-order valence-corrected chi connectivity index (χ2v) is 6.29. The van der Waals surface area contributed by atoms with E-state index in [1.165, 1.54) is 0 Å². The summed E-state index contributed by atoms with van der Waals surface area (Å²) in [6.45, 7) is 1.52. The number of imidazole rings is 1. The number of hydrogen-bond acceptors (Lipinski definition) is 6. The Balaban J connectivity index is 1.38. The molecule has 1 N–H and O–H groups in total. The number of hydrogen-bond donors (Lipinski definition) is 1. The van der Waals surface area contributed by atoms with Crippen LogP contribution in [0.1, 0.15) is 5.56 Å². The molecular weight excluding hydrogens is 346 g/mol. The predicted molar refractivity (Wildman–Crippen MR) is 97.8 cm³/mol. The summed E-state index contributed by atoms with van der Waals surface area (Å²) in [5.41, 5.74) is 3.25. The monoisotopic (exact) mass is 365 g/mol. The number of nitriles is 1. The van der Waals surface area contributed by atoms with E-state index in [1.807, 2.05) is 41.0 Å². The van der Waals surface area contributed by atoms with Crippen LogP contribution >= 0.6 is 0 Å². The summed E-state index contributed by atoms with van der Waals surface area (Å²) < 4.78 is 18.3. The van der Waals surface area contributed by atoms with Gasteiger partial charge in [-0.2, -0.15) is 5.26 Å². The number of nitrogens with zero attached hydrogens (tertiary/aromatic N) is 3. The van der Waals surface area contributed by atoms with E-state index in [0.29, 0.717) is 32.0 Å². The molecule has 1 fully saturated rings. The molecule has 2 aromatic carbocycles. The van der Waals surface area contributed by atoms with Gasteiger partial charge in [-0.05, 0) is 42.5 Å². The van der Waals surface area contributed by atoms with Crippen molar-refractivity contribution in [2.45, 2.75) is 12.2 Å². The molecule has 3 aromatic rings. The topological polar surface area (TPSA) is 89.5 Å². The van der Waals surface area contributed by atoms with Crippen LogP contribution in [0.3, 0.4) is 0 Å². The van der Waals surface area contributed by atoms with Gasteiger partial charge in [-0.3, -0.25) is 4.57 Å². The minimum absolute atomic E-state index is 0.274. The maximum Gasteiger partial charge on any atom is 0.119 e. The van der Waals surface area contributed by atoms with Crippen molar-refractivity contribution in [2.75, 3.05) is 26.4 Å². The summed E-state index contributed by atoms with van der Waals surface area (Å²) in [7, 11) is 0. The van der Waals surface area contributed by atoms with Gasteiger partial charge >= 0.3 is 0 Å². The van der Waals surface area contributed by atoms with Crippen molar-refractivity contribution in [1.29, 1.82) is 5.26 Å². The van der Waals surface area contributed by atoms with Crippen LogP contribution in [-0.4, -0.2) is 53.3 Å². The standard InChI is InChI=1S/C20H19N3O4/c21-10-14-1-6-17-18(9-14)23(13-22-17)15-2-4-16(5-3-15)26-7-8-27-20-12-25-11-19(20)24/h1-6,9,13,19-20,24H,7-8,11-12H2. The molecule has 0 saturated carbocycles. The lowest BCUT2D eigenvalue weighted by Gasteiger charge is -2.14. The molecule has 1 aliphatic heterocycles. The third-order valence-electron chi connectivity index (χ3n) is 4.48.